The third-order valence-corrected chi connectivity index (χ3v) is 7.42. The van der Waals surface area contributed by atoms with Gasteiger partial charge in [-0.15, -0.1) is 0 Å². The normalized spacial score (nSPS) is 23.8. The summed E-state index contributed by atoms with van der Waals surface area (Å²) < 4.78 is 45.4. The largest absolute Gasteiger partial charge is 0.497 e. The highest BCUT2D eigenvalue weighted by Gasteiger charge is 2.46. The predicted molar refractivity (Wildman–Crippen MR) is 121 cm³/mol. The number of hydrogen-bond acceptors (Lipinski definition) is 7. The summed E-state index contributed by atoms with van der Waals surface area (Å²) in [6, 6.07) is 11.2. The van der Waals surface area contributed by atoms with Crippen molar-refractivity contribution >= 4 is 21.6 Å². The Labute approximate surface area is 193 Å². The Hall–Kier alpha value is -2.82. The molecule has 2 aliphatic heterocycles. The van der Waals surface area contributed by atoms with E-state index in [0.717, 1.165) is 5.56 Å². The number of rotatable bonds is 7. The first-order valence-electron chi connectivity index (χ1n) is 10.7. The number of carbonyl (C=O) groups is 1. The van der Waals surface area contributed by atoms with E-state index in [2.05, 4.69) is 4.72 Å². The van der Waals surface area contributed by atoms with Gasteiger partial charge in [0.15, 0.2) is 0 Å². The van der Waals surface area contributed by atoms with Crippen LogP contribution in [0, 0.1) is 0 Å². The van der Waals surface area contributed by atoms with Gasteiger partial charge in [-0.3, -0.25) is 9.52 Å². The highest BCUT2D eigenvalue weighted by atomic mass is 32.2. The molecule has 1 saturated heterocycles. The number of nitrogens with zero attached hydrogens (tertiary/aromatic N) is 1. The molecule has 1 fully saturated rings. The van der Waals surface area contributed by atoms with Crippen molar-refractivity contribution in [3.8, 4) is 11.5 Å². The number of anilines is 1. The number of hydrogen-bond donors (Lipinski definition) is 2. The summed E-state index contributed by atoms with van der Waals surface area (Å²) in [4.78, 5) is 13.8. The van der Waals surface area contributed by atoms with E-state index in [0.29, 0.717) is 23.6 Å². The van der Waals surface area contributed by atoms with Crippen molar-refractivity contribution in [2.75, 3.05) is 32.5 Å². The molecule has 0 radical (unpaired) electrons. The number of benzene rings is 2. The number of amides is 1. The lowest BCUT2D eigenvalue weighted by atomic mass is 9.84. The van der Waals surface area contributed by atoms with Crippen LogP contribution in [0.4, 0.5) is 5.69 Å². The zero-order valence-corrected chi connectivity index (χ0v) is 19.5. The van der Waals surface area contributed by atoms with Gasteiger partial charge in [-0.1, -0.05) is 0 Å². The lowest BCUT2D eigenvalue weighted by Crippen LogP contribution is -2.47. The van der Waals surface area contributed by atoms with Crippen molar-refractivity contribution in [1.82, 2.24) is 4.90 Å². The molecule has 2 heterocycles. The fourth-order valence-electron chi connectivity index (χ4n) is 4.30. The van der Waals surface area contributed by atoms with Crippen LogP contribution in [-0.4, -0.2) is 70.5 Å². The van der Waals surface area contributed by atoms with Gasteiger partial charge in [0.05, 0.1) is 31.1 Å². The number of aliphatic hydroxyl groups excluding tert-OH is 1. The van der Waals surface area contributed by atoms with E-state index < -0.39 is 22.2 Å². The zero-order chi connectivity index (χ0) is 23.8. The second-order valence-electron chi connectivity index (χ2n) is 8.43. The quantitative estimate of drug-likeness (QED) is 0.628. The predicted octanol–water partition coefficient (Wildman–Crippen LogP) is 1.97. The van der Waals surface area contributed by atoms with Crippen molar-refractivity contribution in [3.63, 3.8) is 0 Å². The summed E-state index contributed by atoms with van der Waals surface area (Å²) >= 11 is 0. The lowest BCUT2D eigenvalue weighted by Gasteiger charge is -2.37. The average Bonchev–Trinajstić information content (AvgIpc) is 3.16. The number of carbonyl (C=O) groups excluding carboxylic acids is 1. The standard InChI is InChI=1S/C23H28N2O7S/c1-25(2)22(27)12-16-11-19-18-10-14(4-9-20(18)32-23(19)21(13-26)31-16)24-33(28,29)17-7-5-15(30-3)6-8-17/h4-10,16,19,21,23-24,26H,11-13H2,1-3H3/t16-,19-,21-,23+/m1/s1. The monoisotopic (exact) mass is 476 g/mol. The average molecular weight is 477 g/mol. The molecule has 0 aliphatic carbocycles. The van der Waals surface area contributed by atoms with Crippen LogP contribution in [0.3, 0.4) is 0 Å². The summed E-state index contributed by atoms with van der Waals surface area (Å²) in [5.74, 6) is 1.00. The fraction of sp³-hybridized carbons (Fsp3) is 0.435. The Morgan fingerprint density at radius 1 is 1.21 bits per heavy atom. The maximum Gasteiger partial charge on any atom is 0.261 e. The summed E-state index contributed by atoms with van der Waals surface area (Å²) in [6.45, 7) is -0.237. The van der Waals surface area contributed by atoms with E-state index in [-0.39, 0.29) is 35.9 Å². The van der Waals surface area contributed by atoms with Crippen LogP contribution in [0.1, 0.15) is 24.3 Å². The number of aliphatic hydroxyl groups is 1. The second-order valence-corrected chi connectivity index (χ2v) is 10.1. The first-order valence-corrected chi connectivity index (χ1v) is 12.1. The zero-order valence-electron chi connectivity index (χ0n) is 18.7. The van der Waals surface area contributed by atoms with Crippen molar-refractivity contribution in [1.29, 1.82) is 0 Å². The van der Waals surface area contributed by atoms with Crippen LogP contribution in [0.5, 0.6) is 11.5 Å². The number of fused-ring (bicyclic) bond motifs is 3. The molecule has 0 spiro atoms. The van der Waals surface area contributed by atoms with Gasteiger partial charge in [0.2, 0.25) is 5.91 Å². The van der Waals surface area contributed by atoms with Crippen LogP contribution in [-0.2, 0) is 19.6 Å². The van der Waals surface area contributed by atoms with E-state index in [1.807, 2.05) is 0 Å². The SMILES string of the molecule is COc1ccc(S(=O)(=O)Nc2ccc3c(c2)[C@H]2C[C@H](CC(=O)N(C)C)O[C@H](CO)[C@H]2O3)cc1. The molecule has 1 amide bonds. The van der Waals surface area contributed by atoms with E-state index in [1.165, 1.54) is 24.1 Å². The molecule has 2 N–H and O–H groups in total. The third-order valence-electron chi connectivity index (χ3n) is 6.02. The van der Waals surface area contributed by atoms with Gasteiger partial charge in [0, 0.05) is 31.3 Å². The summed E-state index contributed by atoms with van der Waals surface area (Å²) in [5, 5.41) is 9.85. The number of nitrogens with one attached hydrogen (secondary N) is 1. The molecule has 33 heavy (non-hydrogen) atoms. The van der Waals surface area contributed by atoms with E-state index in [1.54, 1.807) is 44.4 Å². The topological polar surface area (TPSA) is 114 Å². The highest BCUT2D eigenvalue weighted by molar-refractivity contribution is 7.92. The molecule has 0 bridgehead atoms. The molecule has 178 valence electrons. The van der Waals surface area contributed by atoms with Crippen LogP contribution in [0.25, 0.3) is 0 Å². The van der Waals surface area contributed by atoms with Crippen molar-refractivity contribution in [3.05, 3.63) is 48.0 Å². The van der Waals surface area contributed by atoms with Gasteiger partial charge in [0.1, 0.15) is 23.7 Å². The molecule has 4 rings (SSSR count). The minimum atomic E-state index is -3.80. The minimum Gasteiger partial charge on any atom is -0.497 e. The molecule has 9 nitrogen and oxygen atoms in total. The van der Waals surface area contributed by atoms with Crippen molar-refractivity contribution < 1.29 is 32.5 Å². The first kappa shape index (κ1) is 23.3. The lowest BCUT2D eigenvalue weighted by molar-refractivity contribution is -0.147. The third kappa shape index (κ3) is 4.78. The number of ether oxygens (including phenoxy) is 3. The second kappa shape index (κ2) is 9.20. The Morgan fingerprint density at radius 2 is 1.94 bits per heavy atom. The summed E-state index contributed by atoms with van der Waals surface area (Å²) in [6.07, 6.45) is -0.610. The fourth-order valence-corrected chi connectivity index (χ4v) is 5.35. The van der Waals surface area contributed by atoms with Crippen LogP contribution >= 0.6 is 0 Å². The smallest absolute Gasteiger partial charge is 0.261 e. The molecule has 4 atom stereocenters. The summed E-state index contributed by atoms with van der Waals surface area (Å²) in [5.41, 5.74) is 1.24. The molecular formula is C23H28N2O7S. The number of sulfonamides is 1. The number of methoxy groups -OCH3 is 1. The van der Waals surface area contributed by atoms with Crippen LogP contribution in [0.2, 0.25) is 0 Å². The Bertz CT molecular complexity index is 1120. The van der Waals surface area contributed by atoms with Crippen molar-refractivity contribution in [2.24, 2.45) is 0 Å². The summed E-state index contributed by atoms with van der Waals surface area (Å²) in [7, 11) is 1.09. The Balaban J connectivity index is 1.56. The molecular weight excluding hydrogens is 448 g/mol. The highest BCUT2D eigenvalue weighted by Crippen LogP contribution is 2.47. The van der Waals surface area contributed by atoms with E-state index in [9.17, 15) is 18.3 Å². The molecule has 0 unspecified atom stereocenters. The van der Waals surface area contributed by atoms with Gasteiger partial charge in [-0.05, 0) is 48.9 Å². The molecule has 0 saturated carbocycles. The van der Waals surface area contributed by atoms with E-state index >= 15 is 0 Å². The van der Waals surface area contributed by atoms with Crippen molar-refractivity contribution in [2.45, 2.75) is 42.0 Å². The van der Waals surface area contributed by atoms with Gasteiger partial charge in [-0.2, -0.15) is 0 Å². The maximum atomic E-state index is 12.8. The molecule has 2 aliphatic rings. The first-order chi connectivity index (χ1) is 15.7. The molecule has 0 aromatic heterocycles. The molecule has 2 aromatic rings. The Morgan fingerprint density at radius 3 is 2.58 bits per heavy atom. The van der Waals surface area contributed by atoms with Crippen LogP contribution < -0.4 is 14.2 Å². The Kier molecular flexibility index (Phi) is 6.51. The van der Waals surface area contributed by atoms with E-state index in [4.69, 9.17) is 14.2 Å². The minimum absolute atomic E-state index is 0.0599. The molecule has 2 aromatic carbocycles. The van der Waals surface area contributed by atoms with Gasteiger partial charge < -0.3 is 24.2 Å². The van der Waals surface area contributed by atoms with Gasteiger partial charge in [-0.25, -0.2) is 8.42 Å². The molecule has 10 heteroatoms. The van der Waals surface area contributed by atoms with Gasteiger partial charge in [0.25, 0.3) is 10.0 Å². The van der Waals surface area contributed by atoms with Crippen LogP contribution in [0.15, 0.2) is 47.4 Å². The maximum absolute atomic E-state index is 12.8. The van der Waals surface area contributed by atoms with Gasteiger partial charge >= 0.3 is 0 Å².